The van der Waals surface area contributed by atoms with Crippen LogP contribution in [-0.2, 0) is 11.4 Å². The Morgan fingerprint density at radius 3 is 2.11 bits per heavy atom. The minimum absolute atomic E-state index is 0.171. The summed E-state index contributed by atoms with van der Waals surface area (Å²) >= 11 is -1.62. The van der Waals surface area contributed by atoms with E-state index in [1.807, 2.05) is 0 Å². The summed E-state index contributed by atoms with van der Waals surface area (Å²) in [7, 11) is 0. The lowest BCUT2D eigenvalue weighted by molar-refractivity contribution is 0.436. The third-order valence-electron chi connectivity index (χ3n) is 0.220. The fourth-order valence-corrected chi connectivity index (χ4v) is 0. The van der Waals surface area contributed by atoms with Crippen molar-refractivity contribution in [3.05, 3.63) is 0 Å². The molecule has 0 saturated heterocycles. The van der Waals surface area contributed by atoms with Gasteiger partial charge in [0.15, 0.2) is 5.17 Å². The normalized spacial score (nSPS) is 11.0. The number of amidine groups is 1. The van der Waals surface area contributed by atoms with Crippen LogP contribution in [0.15, 0.2) is 0 Å². The van der Waals surface area contributed by atoms with Crippen LogP contribution in [0.3, 0.4) is 0 Å². The molecule has 0 radical (unpaired) electrons. The number of nitrogens with one attached hydrogen (secondary N) is 1. The largest absolute Gasteiger partial charge is 0.750 e. The lowest BCUT2D eigenvalue weighted by Crippen LogP contribution is -2.01. The summed E-state index contributed by atoms with van der Waals surface area (Å²) in [5, 5.41) is 6.66. The third kappa shape index (κ3) is 76.6. The monoisotopic (exact) mass is 171 g/mol. The van der Waals surface area contributed by atoms with Gasteiger partial charge in [-0.1, -0.05) is 11.8 Å². The second kappa shape index (κ2) is 7.89. The van der Waals surface area contributed by atoms with Gasteiger partial charge in [-0.2, -0.15) is 0 Å². The molecule has 0 rings (SSSR count). The number of nitrogens with two attached hydrogens (primary N) is 1. The summed E-state index contributed by atoms with van der Waals surface area (Å²) in [5.41, 5.74) is 4.84. The molecule has 1 atom stereocenters. The van der Waals surface area contributed by atoms with Gasteiger partial charge in [-0.15, -0.1) is 0 Å². The number of hydrogen-bond donors (Lipinski definition) is 3. The molecule has 0 aliphatic rings. The molecule has 0 aromatic carbocycles. The van der Waals surface area contributed by atoms with E-state index in [1.165, 1.54) is 11.8 Å². The Morgan fingerprint density at radius 1 is 2.00 bits per heavy atom. The van der Waals surface area contributed by atoms with E-state index in [0.717, 1.165) is 0 Å². The molecule has 0 amide bonds. The van der Waals surface area contributed by atoms with Crippen molar-refractivity contribution in [2.75, 3.05) is 6.26 Å². The molecular weight excluding hydrogens is 164 g/mol. The van der Waals surface area contributed by atoms with Crippen LogP contribution in [0.5, 0.6) is 0 Å². The molecule has 0 aliphatic carbocycles. The SMILES string of the molecule is CSC(=N)N.O=S([O-])O. The van der Waals surface area contributed by atoms with Crippen LogP contribution in [0.25, 0.3) is 0 Å². The minimum Gasteiger partial charge on any atom is -0.750 e. The quantitative estimate of drug-likeness (QED) is 0.260. The maximum atomic E-state index is 8.56. The minimum atomic E-state index is -2.86. The van der Waals surface area contributed by atoms with Gasteiger partial charge in [0.05, 0.1) is 11.4 Å². The number of thioether (sulfide) groups is 1. The van der Waals surface area contributed by atoms with Crippen molar-refractivity contribution in [1.82, 2.24) is 0 Å². The summed E-state index contributed by atoms with van der Waals surface area (Å²) in [6.45, 7) is 0. The molecule has 0 heterocycles. The first kappa shape index (κ1) is 11.7. The van der Waals surface area contributed by atoms with E-state index in [0.29, 0.717) is 0 Å². The Labute approximate surface area is 59.6 Å². The smallest absolute Gasteiger partial charge is 0.150 e. The Hall–Kier alpha value is -0.110. The summed E-state index contributed by atoms with van der Waals surface area (Å²) in [6, 6.07) is 0. The van der Waals surface area contributed by atoms with Gasteiger partial charge < -0.3 is 14.8 Å². The highest BCUT2D eigenvalue weighted by atomic mass is 32.2. The van der Waals surface area contributed by atoms with Crippen molar-refractivity contribution < 1.29 is 13.3 Å². The molecule has 0 bridgehead atoms. The highest BCUT2D eigenvalue weighted by Crippen LogP contribution is 1.83. The Morgan fingerprint density at radius 2 is 2.11 bits per heavy atom. The first-order chi connectivity index (χ1) is 4.00. The van der Waals surface area contributed by atoms with Crippen LogP contribution < -0.4 is 5.73 Å². The van der Waals surface area contributed by atoms with Crippen LogP contribution in [0.2, 0.25) is 0 Å². The maximum Gasteiger partial charge on any atom is 0.150 e. The van der Waals surface area contributed by atoms with E-state index >= 15 is 0 Å². The molecule has 0 aromatic heterocycles. The molecule has 9 heavy (non-hydrogen) atoms. The van der Waals surface area contributed by atoms with Crippen molar-refractivity contribution >= 4 is 28.3 Å². The van der Waals surface area contributed by atoms with Gasteiger partial charge in [-0.05, 0) is 6.26 Å². The topological polar surface area (TPSA) is 110 Å². The van der Waals surface area contributed by atoms with Crippen molar-refractivity contribution in [3.8, 4) is 0 Å². The van der Waals surface area contributed by atoms with E-state index in [-0.39, 0.29) is 5.17 Å². The summed E-state index contributed by atoms with van der Waals surface area (Å²) in [6.07, 6.45) is 1.77. The molecule has 4 N–H and O–H groups in total. The Bertz CT molecular complexity index is 102. The fraction of sp³-hybridized carbons (Fsp3) is 0.500. The van der Waals surface area contributed by atoms with Gasteiger partial charge in [0.2, 0.25) is 0 Å². The fourth-order valence-electron chi connectivity index (χ4n) is 0. The van der Waals surface area contributed by atoms with E-state index in [4.69, 9.17) is 24.5 Å². The predicted octanol–water partition coefficient (Wildman–Crippen LogP) is -0.419. The van der Waals surface area contributed by atoms with Crippen LogP contribution in [0.4, 0.5) is 0 Å². The second-order valence-electron chi connectivity index (χ2n) is 0.785. The van der Waals surface area contributed by atoms with E-state index < -0.39 is 11.4 Å². The van der Waals surface area contributed by atoms with Crippen molar-refractivity contribution in [1.29, 1.82) is 5.41 Å². The van der Waals surface area contributed by atoms with Gasteiger partial charge in [-0.3, -0.25) is 5.41 Å². The van der Waals surface area contributed by atoms with E-state index in [2.05, 4.69) is 0 Å². The maximum absolute atomic E-state index is 8.56. The molecule has 0 aliphatic heterocycles. The first-order valence-corrected chi connectivity index (χ1v) is 3.92. The van der Waals surface area contributed by atoms with Crippen LogP contribution >= 0.6 is 11.8 Å². The van der Waals surface area contributed by atoms with Crippen molar-refractivity contribution in [2.45, 2.75) is 0 Å². The summed E-state index contributed by atoms with van der Waals surface area (Å²) in [4.78, 5) is 0. The summed E-state index contributed by atoms with van der Waals surface area (Å²) < 4.78 is 24.1. The number of hydrogen-bond acceptors (Lipinski definition) is 4. The highest BCUT2D eigenvalue weighted by molar-refractivity contribution is 8.13. The lowest BCUT2D eigenvalue weighted by Gasteiger charge is -1.83. The molecule has 5 nitrogen and oxygen atoms in total. The predicted molar refractivity (Wildman–Crippen MR) is 37.0 cm³/mol. The van der Waals surface area contributed by atoms with Gasteiger partial charge in [-0.25, -0.2) is 4.21 Å². The lowest BCUT2D eigenvalue weighted by atomic mass is 11.4. The molecule has 0 fully saturated rings. The molecular formula is C2H7N2O3S2-. The molecule has 7 heteroatoms. The third-order valence-corrected chi connectivity index (χ3v) is 0.660. The van der Waals surface area contributed by atoms with Gasteiger partial charge >= 0.3 is 0 Å². The van der Waals surface area contributed by atoms with Crippen LogP contribution in [-0.4, -0.2) is 24.7 Å². The molecule has 0 aromatic rings. The highest BCUT2D eigenvalue weighted by Gasteiger charge is 1.71. The van der Waals surface area contributed by atoms with Crippen LogP contribution in [0, 0.1) is 5.41 Å². The molecule has 0 saturated carbocycles. The Balaban J connectivity index is 0. The molecule has 1 unspecified atom stereocenters. The molecule has 56 valence electrons. The van der Waals surface area contributed by atoms with Gasteiger partial charge in [0.25, 0.3) is 0 Å². The Kier molecular flexibility index (Phi) is 10.2. The zero-order valence-electron chi connectivity index (χ0n) is 4.66. The van der Waals surface area contributed by atoms with Crippen LogP contribution in [0.1, 0.15) is 0 Å². The molecule has 0 spiro atoms. The summed E-state index contributed by atoms with van der Waals surface area (Å²) in [5.74, 6) is 0. The zero-order valence-corrected chi connectivity index (χ0v) is 6.29. The average molecular weight is 171 g/mol. The second-order valence-corrected chi connectivity index (χ2v) is 2.07. The van der Waals surface area contributed by atoms with Crippen molar-refractivity contribution in [3.63, 3.8) is 0 Å². The zero-order chi connectivity index (χ0) is 7.86. The average Bonchev–Trinajstić information content (AvgIpc) is 1.65. The standard InChI is InChI=1S/C2H6N2S.H2O3S/c1-5-2(3)4;1-4(2)3/h1H3,(H3,3,4);(H2,1,2,3)/p-1. The van der Waals surface area contributed by atoms with Gasteiger partial charge in [0.1, 0.15) is 0 Å². The van der Waals surface area contributed by atoms with E-state index in [1.54, 1.807) is 6.26 Å². The van der Waals surface area contributed by atoms with E-state index in [9.17, 15) is 0 Å². The van der Waals surface area contributed by atoms with Gasteiger partial charge in [0, 0.05) is 0 Å². The van der Waals surface area contributed by atoms with Crippen molar-refractivity contribution in [2.24, 2.45) is 5.73 Å². The number of rotatable bonds is 0. The first-order valence-electron chi connectivity index (χ1n) is 1.67.